The van der Waals surface area contributed by atoms with Gasteiger partial charge in [-0.05, 0) is 24.8 Å². The molecule has 1 saturated carbocycles. The van der Waals surface area contributed by atoms with Gasteiger partial charge in [-0.3, -0.25) is 0 Å². The predicted octanol–water partition coefficient (Wildman–Crippen LogP) is 2.80. The van der Waals surface area contributed by atoms with E-state index < -0.39 is 0 Å². The van der Waals surface area contributed by atoms with Gasteiger partial charge in [0.05, 0.1) is 18.1 Å². The average molecular weight is 270 g/mol. The molecule has 5 nitrogen and oxygen atoms in total. The molecule has 2 heterocycles. The summed E-state index contributed by atoms with van der Waals surface area (Å²) in [5.74, 6) is 1.39. The minimum atomic E-state index is -0.371. The standard InChI is InChI=1S/C15H14N2O3/c18-12(9-5-6-9)7-14-16-15(17-20-14)11-8-19-13-4-2-1-3-10(11)13/h1-4,8-9,12,18H,5-7H2. The lowest BCUT2D eigenvalue weighted by Gasteiger charge is -2.03. The number of aromatic nitrogens is 2. The topological polar surface area (TPSA) is 72.3 Å². The van der Waals surface area contributed by atoms with E-state index >= 15 is 0 Å². The molecule has 0 saturated heterocycles. The SMILES string of the molecule is OC(Cc1nc(-c2coc3ccccc23)no1)C1CC1. The first-order valence-corrected chi connectivity index (χ1v) is 6.78. The van der Waals surface area contributed by atoms with Gasteiger partial charge in [0.1, 0.15) is 11.8 Å². The second-order valence-electron chi connectivity index (χ2n) is 5.27. The summed E-state index contributed by atoms with van der Waals surface area (Å²) < 4.78 is 10.7. The van der Waals surface area contributed by atoms with Crippen molar-refractivity contribution in [3.63, 3.8) is 0 Å². The van der Waals surface area contributed by atoms with Crippen LogP contribution in [-0.4, -0.2) is 21.4 Å². The summed E-state index contributed by atoms with van der Waals surface area (Å²) >= 11 is 0. The number of fused-ring (bicyclic) bond motifs is 1. The zero-order valence-corrected chi connectivity index (χ0v) is 10.8. The highest BCUT2D eigenvalue weighted by Gasteiger charge is 2.31. The summed E-state index contributed by atoms with van der Waals surface area (Å²) in [5.41, 5.74) is 1.61. The first-order chi connectivity index (χ1) is 9.81. The first-order valence-electron chi connectivity index (χ1n) is 6.78. The number of aliphatic hydroxyl groups excluding tert-OH is 1. The highest BCUT2D eigenvalue weighted by atomic mass is 16.5. The van der Waals surface area contributed by atoms with E-state index in [0.717, 1.165) is 29.4 Å². The van der Waals surface area contributed by atoms with E-state index in [1.807, 2.05) is 24.3 Å². The second kappa shape index (κ2) is 4.45. The summed E-state index contributed by atoms with van der Waals surface area (Å²) in [4.78, 5) is 4.36. The Morgan fingerprint density at radius 3 is 3.00 bits per heavy atom. The molecule has 1 N–H and O–H groups in total. The third-order valence-electron chi connectivity index (χ3n) is 3.74. The van der Waals surface area contributed by atoms with Crippen molar-refractivity contribution in [2.75, 3.05) is 0 Å². The summed E-state index contributed by atoms with van der Waals surface area (Å²) in [5, 5.41) is 14.9. The number of hydrogen-bond donors (Lipinski definition) is 1. The van der Waals surface area contributed by atoms with Crippen molar-refractivity contribution in [3.05, 3.63) is 36.4 Å². The largest absolute Gasteiger partial charge is 0.464 e. The molecule has 1 aliphatic carbocycles. The lowest BCUT2D eigenvalue weighted by atomic mass is 10.1. The molecule has 1 atom stereocenters. The van der Waals surface area contributed by atoms with Crippen LogP contribution in [0.4, 0.5) is 0 Å². The molecule has 2 aromatic heterocycles. The van der Waals surface area contributed by atoms with Crippen molar-refractivity contribution in [2.24, 2.45) is 5.92 Å². The van der Waals surface area contributed by atoms with Crippen molar-refractivity contribution in [1.29, 1.82) is 0 Å². The van der Waals surface area contributed by atoms with Crippen molar-refractivity contribution in [1.82, 2.24) is 10.1 Å². The molecule has 102 valence electrons. The van der Waals surface area contributed by atoms with Gasteiger partial charge in [0.25, 0.3) is 0 Å². The summed E-state index contributed by atoms with van der Waals surface area (Å²) in [6, 6.07) is 7.72. The Bertz CT molecular complexity index is 742. The van der Waals surface area contributed by atoms with E-state index in [4.69, 9.17) is 8.94 Å². The summed E-state index contributed by atoms with van der Waals surface area (Å²) in [6.07, 6.45) is 3.87. The molecule has 3 aromatic rings. The van der Waals surface area contributed by atoms with E-state index in [2.05, 4.69) is 10.1 Å². The van der Waals surface area contributed by atoms with Crippen LogP contribution in [0.15, 0.2) is 39.5 Å². The van der Waals surface area contributed by atoms with Gasteiger partial charge in [-0.2, -0.15) is 4.98 Å². The Morgan fingerprint density at radius 1 is 1.30 bits per heavy atom. The number of furan rings is 1. The molecule has 1 unspecified atom stereocenters. The van der Waals surface area contributed by atoms with Gasteiger partial charge in [-0.25, -0.2) is 0 Å². The Kier molecular flexibility index (Phi) is 2.60. The quantitative estimate of drug-likeness (QED) is 0.789. The van der Waals surface area contributed by atoms with Crippen LogP contribution < -0.4 is 0 Å². The Morgan fingerprint density at radius 2 is 2.15 bits per heavy atom. The van der Waals surface area contributed by atoms with E-state index in [0.29, 0.717) is 24.1 Å². The van der Waals surface area contributed by atoms with Crippen LogP contribution >= 0.6 is 0 Å². The molecule has 0 radical (unpaired) electrons. The Balaban J connectivity index is 1.63. The summed E-state index contributed by atoms with van der Waals surface area (Å²) in [6.45, 7) is 0. The number of hydrogen-bond acceptors (Lipinski definition) is 5. The van der Waals surface area contributed by atoms with E-state index in [9.17, 15) is 5.11 Å². The van der Waals surface area contributed by atoms with Gasteiger partial charge in [-0.15, -0.1) is 0 Å². The van der Waals surface area contributed by atoms with Crippen molar-refractivity contribution >= 4 is 11.0 Å². The molecule has 1 aromatic carbocycles. The monoisotopic (exact) mass is 270 g/mol. The fraction of sp³-hybridized carbons (Fsp3) is 0.333. The highest BCUT2D eigenvalue weighted by Crippen LogP contribution is 2.34. The van der Waals surface area contributed by atoms with Gasteiger partial charge in [-0.1, -0.05) is 23.4 Å². The van der Waals surface area contributed by atoms with Crippen LogP contribution in [0, 0.1) is 5.92 Å². The Hall–Kier alpha value is -2.14. The van der Waals surface area contributed by atoms with Crippen LogP contribution in [0.25, 0.3) is 22.4 Å². The van der Waals surface area contributed by atoms with E-state index in [-0.39, 0.29) is 6.10 Å². The molecular formula is C15H14N2O3. The number of para-hydroxylation sites is 1. The van der Waals surface area contributed by atoms with Crippen molar-refractivity contribution in [3.8, 4) is 11.4 Å². The fourth-order valence-corrected chi connectivity index (χ4v) is 2.42. The van der Waals surface area contributed by atoms with Crippen LogP contribution in [0.5, 0.6) is 0 Å². The van der Waals surface area contributed by atoms with E-state index in [1.54, 1.807) is 6.26 Å². The maximum Gasteiger partial charge on any atom is 0.229 e. The zero-order chi connectivity index (χ0) is 13.5. The molecule has 0 aliphatic heterocycles. The first kappa shape index (κ1) is 11.7. The predicted molar refractivity (Wildman–Crippen MR) is 71.9 cm³/mol. The lowest BCUT2D eigenvalue weighted by Crippen LogP contribution is -2.12. The number of rotatable bonds is 4. The molecular weight excluding hydrogens is 256 g/mol. The molecule has 1 fully saturated rings. The van der Waals surface area contributed by atoms with Gasteiger partial charge >= 0.3 is 0 Å². The fourth-order valence-electron chi connectivity index (χ4n) is 2.42. The highest BCUT2D eigenvalue weighted by molar-refractivity contribution is 5.91. The average Bonchev–Trinajstić information content (AvgIpc) is 3.08. The minimum Gasteiger partial charge on any atom is -0.464 e. The van der Waals surface area contributed by atoms with Crippen LogP contribution in [-0.2, 0) is 6.42 Å². The minimum absolute atomic E-state index is 0.371. The van der Waals surface area contributed by atoms with Gasteiger partial charge in [0.15, 0.2) is 0 Å². The van der Waals surface area contributed by atoms with Crippen molar-refractivity contribution < 1.29 is 14.0 Å². The molecule has 5 heteroatoms. The molecule has 1 aliphatic rings. The van der Waals surface area contributed by atoms with Crippen LogP contribution in [0.3, 0.4) is 0 Å². The molecule has 0 spiro atoms. The van der Waals surface area contributed by atoms with Crippen LogP contribution in [0.1, 0.15) is 18.7 Å². The Labute approximate surface area is 115 Å². The maximum absolute atomic E-state index is 9.91. The lowest BCUT2D eigenvalue weighted by molar-refractivity contribution is 0.140. The number of benzene rings is 1. The molecule has 0 amide bonds. The van der Waals surface area contributed by atoms with Crippen molar-refractivity contribution in [2.45, 2.75) is 25.4 Å². The maximum atomic E-state index is 9.91. The normalized spacial score (nSPS) is 16.6. The van der Waals surface area contributed by atoms with Gasteiger partial charge in [0.2, 0.25) is 11.7 Å². The zero-order valence-electron chi connectivity index (χ0n) is 10.8. The second-order valence-corrected chi connectivity index (χ2v) is 5.27. The number of nitrogens with zero attached hydrogens (tertiary/aromatic N) is 2. The van der Waals surface area contributed by atoms with E-state index in [1.165, 1.54) is 0 Å². The smallest absolute Gasteiger partial charge is 0.229 e. The van der Waals surface area contributed by atoms with Crippen LogP contribution in [0.2, 0.25) is 0 Å². The summed E-state index contributed by atoms with van der Waals surface area (Å²) in [7, 11) is 0. The van der Waals surface area contributed by atoms with Gasteiger partial charge in [0, 0.05) is 5.39 Å². The third-order valence-corrected chi connectivity index (χ3v) is 3.74. The molecule has 0 bridgehead atoms. The number of aliphatic hydroxyl groups is 1. The van der Waals surface area contributed by atoms with Gasteiger partial charge < -0.3 is 14.0 Å². The molecule has 20 heavy (non-hydrogen) atoms. The third kappa shape index (κ3) is 2.00. The molecule has 4 rings (SSSR count).